The normalized spacial score (nSPS) is 13.8. The van der Waals surface area contributed by atoms with E-state index in [0.29, 0.717) is 18.5 Å². The monoisotopic (exact) mass is 250 g/mol. The number of hydrogen-bond donors (Lipinski definition) is 2. The molecule has 1 N–H and O–H groups in total. The number of hydrogen-bond acceptors (Lipinski definition) is 6. The van der Waals surface area contributed by atoms with Crippen LogP contribution in [0.3, 0.4) is 0 Å². The lowest BCUT2D eigenvalue weighted by atomic mass is 10.4. The zero-order valence-corrected chi connectivity index (χ0v) is 9.72. The minimum absolute atomic E-state index is 0.274. The smallest absolute Gasteiger partial charge is 0.292 e. The van der Waals surface area contributed by atoms with Gasteiger partial charge in [0.2, 0.25) is 5.88 Å². The van der Waals surface area contributed by atoms with Crippen LogP contribution in [0.2, 0.25) is 0 Å². The molecule has 6 nitrogen and oxygen atoms in total. The minimum Gasteiger partial charge on any atom is -0.454 e. The molecule has 0 saturated heterocycles. The molecule has 3 rings (SSSR count). The van der Waals surface area contributed by atoms with Crippen molar-refractivity contribution >= 4 is 24.5 Å². The standard InChI is InChI=1S/C10H10N4O2S/c17-6-16-10-11-4-7-9(13-10)14(5-12-7)8-2-1-3-15-8/h1-3,5,17H,4,6H2,(H,11,13). The first kappa shape index (κ1) is 10.3. The van der Waals surface area contributed by atoms with Gasteiger partial charge < -0.3 is 14.5 Å². The highest BCUT2D eigenvalue weighted by Gasteiger charge is 2.19. The Morgan fingerprint density at radius 2 is 2.53 bits per heavy atom. The molecule has 0 atom stereocenters. The summed E-state index contributed by atoms with van der Waals surface area (Å²) in [5, 5.41) is 3.01. The predicted molar refractivity (Wildman–Crippen MR) is 64.7 cm³/mol. The summed E-state index contributed by atoms with van der Waals surface area (Å²) in [6.45, 7) is 0.579. The quantitative estimate of drug-likeness (QED) is 0.625. The number of amidine groups is 1. The van der Waals surface area contributed by atoms with E-state index in [0.717, 1.165) is 11.5 Å². The number of imidazole rings is 1. The second kappa shape index (κ2) is 4.17. The fourth-order valence-corrected chi connectivity index (χ4v) is 1.75. The Hall–Kier alpha value is -1.89. The second-order valence-electron chi connectivity index (χ2n) is 3.38. The van der Waals surface area contributed by atoms with Gasteiger partial charge in [-0.25, -0.2) is 4.98 Å². The average Bonchev–Trinajstić information content (AvgIpc) is 2.96. The molecule has 0 unspecified atom stereocenters. The van der Waals surface area contributed by atoms with Crippen molar-refractivity contribution in [1.29, 1.82) is 0 Å². The number of aromatic nitrogens is 2. The molecule has 2 aromatic rings. The van der Waals surface area contributed by atoms with Gasteiger partial charge in [-0.3, -0.25) is 4.57 Å². The molecule has 3 heterocycles. The average molecular weight is 250 g/mol. The van der Waals surface area contributed by atoms with E-state index in [9.17, 15) is 0 Å². The zero-order valence-electron chi connectivity index (χ0n) is 8.83. The molecule has 1 aliphatic rings. The van der Waals surface area contributed by atoms with Crippen molar-refractivity contribution in [2.24, 2.45) is 4.99 Å². The highest BCUT2D eigenvalue weighted by molar-refractivity contribution is 7.80. The van der Waals surface area contributed by atoms with Gasteiger partial charge in [0.25, 0.3) is 6.02 Å². The number of aliphatic imine (C=N–C) groups is 1. The molecule has 0 spiro atoms. The number of rotatable bonds is 2. The summed E-state index contributed by atoms with van der Waals surface area (Å²) in [6, 6.07) is 4.11. The van der Waals surface area contributed by atoms with Crippen molar-refractivity contribution in [3.63, 3.8) is 0 Å². The summed E-state index contributed by atoms with van der Waals surface area (Å²) < 4.78 is 12.3. The van der Waals surface area contributed by atoms with Gasteiger partial charge in [-0.05, 0) is 6.07 Å². The largest absolute Gasteiger partial charge is 0.454 e. The van der Waals surface area contributed by atoms with E-state index in [-0.39, 0.29) is 5.94 Å². The number of furan rings is 1. The SMILES string of the molecule is SCOC1=Nc2c(ncn2-c2ccco2)CN1. The first-order valence-corrected chi connectivity index (χ1v) is 5.68. The Labute approximate surface area is 103 Å². The van der Waals surface area contributed by atoms with Crippen LogP contribution in [0.1, 0.15) is 5.69 Å². The molecule has 1 aliphatic heterocycles. The van der Waals surface area contributed by atoms with Crippen LogP contribution in [0.4, 0.5) is 5.82 Å². The number of fused-ring (bicyclic) bond motifs is 1. The van der Waals surface area contributed by atoms with Crippen molar-refractivity contribution < 1.29 is 9.15 Å². The van der Waals surface area contributed by atoms with Crippen molar-refractivity contribution in [3.05, 3.63) is 30.4 Å². The molecule has 0 aliphatic carbocycles. The van der Waals surface area contributed by atoms with Gasteiger partial charge in [-0.2, -0.15) is 4.99 Å². The summed E-state index contributed by atoms with van der Waals surface area (Å²) in [6.07, 6.45) is 3.29. The predicted octanol–water partition coefficient (Wildman–Crippen LogP) is 1.46. The number of thiol groups is 1. The summed E-state index contributed by atoms with van der Waals surface area (Å²) in [5.74, 6) is 1.67. The van der Waals surface area contributed by atoms with Crippen molar-refractivity contribution in [1.82, 2.24) is 14.9 Å². The fraction of sp³-hybridized carbons (Fsp3) is 0.200. The molecular weight excluding hydrogens is 240 g/mol. The van der Waals surface area contributed by atoms with Crippen LogP contribution in [-0.4, -0.2) is 21.5 Å². The maximum Gasteiger partial charge on any atom is 0.292 e. The lowest BCUT2D eigenvalue weighted by Crippen LogP contribution is -2.28. The van der Waals surface area contributed by atoms with Gasteiger partial charge in [-0.1, -0.05) is 0 Å². The molecule has 0 amide bonds. The van der Waals surface area contributed by atoms with Crippen molar-refractivity contribution in [3.8, 4) is 5.88 Å². The third-order valence-electron chi connectivity index (χ3n) is 2.37. The Kier molecular flexibility index (Phi) is 2.52. The lowest BCUT2D eigenvalue weighted by molar-refractivity contribution is 0.358. The highest BCUT2D eigenvalue weighted by atomic mass is 32.1. The molecule has 0 saturated carbocycles. The van der Waals surface area contributed by atoms with Gasteiger partial charge in [-0.15, -0.1) is 12.6 Å². The molecule has 2 aromatic heterocycles. The Morgan fingerprint density at radius 3 is 3.29 bits per heavy atom. The van der Waals surface area contributed by atoms with Gasteiger partial charge in [0.15, 0.2) is 5.82 Å². The maximum atomic E-state index is 5.32. The van der Waals surface area contributed by atoms with Crippen LogP contribution in [-0.2, 0) is 11.3 Å². The Balaban J connectivity index is 2.03. The van der Waals surface area contributed by atoms with E-state index in [2.05, 4.69) is 27.9 Å². The fourth-order valence-electron chi connectivity index (χ4n) is 1.63. The second-order valence-corrected chi connectivity index (χ2v) is 3.64. The Bertz CT molecular complexity index is 547. The molecular formula is C10H10N4O2S. The first-order chi connectivity index (χ1) is 8.38. The highest BCUT2D eigenvalue weighted by Crippen LogP contribution is 2.25. The summed E-state index contributed by atoms with van der Waals surface area (Å²) in [4.78, 5) is 8.59. The molecule has 7 heteroatoms. The van der Waals surface area contributed by atoms with E-state index >= 15 is 0 Å². The van der Waals surface area contributed by atoms with Crippen LogP contribution in [0.5, 0.6) is 0 Å². The van der Waals surface area contributed by atoms with Gasteiger partial charge >= 0.3 is 0 Å². The number of nitrogens with zero attached hydrogens (tertiary/aromatic N) is 3. The third kappa shape index (κ3) is 1.78. The first-order valence-electron chi connectivity index (χ1n) is 5.05. The number of ether oxygens (including phenoxy) is 1. The van der Waals surface area contributed by atoms with Crippen LogP contribution < -0.4 is 5.32 Å². The van der Waals surface area contributed by atoms with Crippen LogP contribution in [0, 0.1) is 0 Å². The molecule has 0 bridgehead atoms. The van der Waals surface area contributed by atoms with Crippen molar-refractivity contribution in [2.45, 2.75) is 6.54 Å². The topological polar surface area (TPSA) is 64.6 Å². The van der Waals surface area contributed by atoms with E-state index in [1.807, 2.05) is 12.1 Å². The number of nitrogens with one attached hydrogen (secondary N) is 1. The van der Waals surface area contributed by atoms with Gasteiger partial charge in [0.1, 0.15) is 18.0 Å². The lowest BCUT2D eigenvalue weighted by Gasteiger charge is -2.14. The van der Waals surface area contributed by atoms with E-state index < -0.39 is 0 Å². The minimum atomic E-state index is 0.274. The molecule has 0 aromatic carbocycles. The van der Waals surface area contributed by atoms with Gasteiger partial charge in [0, 0.05) is 6.07 Å². The van der Waals surface area contributed by atoms with E-state index in [1.165, 1.54) is 0 Å². The summed E-state index contributed by atoms with van der Waals surface area (Å²) >= 11 is 3.99. The van der Waals surface area contributed by atoms with Crippen molar-refractivity contribution in [2.75, 3.05) is 5.94 Å². The van der Waals surface area contributed by atoms with Crippen LogP contribution in [0.25, 0.3) is 5.88 Å². The maximum absolute atomic E-state index is 5.32. The molecule has 88 valence electrons. The third-order valence-corrected chi connectivity index (χ3v) is 2.50. The summed E-state index contributed by atoms with van der Waals surface area (Å²) in [7, 11) is 0. The Morgan fingerprint density at radius 1 is 1.59 bits per heavy atom. The summed E-state index contributed by atoms with van der Waals surface area (Å²) in [5.41, 5.74) is 0.855. The molecule has 0 radical (unpaired) electrons. The van der Waals surface area contributed by atoms with Gasteiger partial charge in [0.05, 0.1) is 12.8 Å². The molecule has 0 fully saturated rings. The van der Waals surface area contributed by atoms with E-state index in [1.54, 1.807) is 17.2 Å². The molecule has 17 heavy (non-hydrogen) atoms. The van der Waals surface area contributed by atoms with E-state index in [4.69, 9.17) is 9.15 Å². The van der Waals surface area contributed by atoms with Crippen LogP contribution in [0.15, 0.2) is 34.1 Å². The van der Waals surface area contributed by atoms with Crippen LogP contribution >= 0.6 is 12.6 Å². The zero-order chi connectivity index (χ0) is 11.7.